The van der Waals surface area contributed by atoms with Gasteiger partial charge in [-0.2, -0.15) is 0 Å². The average molecular weight is 284 g/mol. The monoisotopic (exact) mass is 284 g/mol. The first-order valence-electron chi connectivity index (χ1n) is 7.63. The molecule has 0 aliphatic carbocycles. The van der Waals surface area contributed by atoms with Crippen LogP contribution in [0.2, 0.25) is 0 Å². The lowest BCUT2D eigenvalue weighted by Gasteiger charge is -2.18. The molecule has 1 aromatic carbocycles. The summed E-state index contributed by atoms with van der Waals surface area (Å²) >= 11 is 0. The van der Waals surface area contributed by atoms with Crippen molar-refractivity contribution in [1.82, 2.24) is 10.3 Å². The Morgan fingerprint density at radius 2 is 1.90 bits per heavy atom. The molecule has 0 aliphatic rings. The Hall–Kier alpha value is -1.87. The molecule has 1 N–H and O–H groups in total. The largest absolute Gasteiger partial charge is 0.494 e. The SMILES string of the molecule is CCCOc1ccc(C(NCC)c2cc(C)ccn2)cc1. The maximum absolute atomic E-state index is 5.64. The summed E-state index contributed by atoms with van der Waals surface area (Å²) < 4.78 is 5.64. The van der Waals surface area contributed by atoms with Gasteiger partial charge in [0.2, 0.25) is 0 Å². The standard InChI is InChI=1S/C18H24N2O/c1-4-12-21-16-8-6-15(7-9-16)18(19-5-2)17-13-14(3)10-11-20-17/h6-11,13,18-19H,4-5,12H2,1-3H3. The lowest BCUT2D eigenvalue weighted by Crippen LogP contribution is -2.23. The van der Waals surface area contributed by atoms with Crippen LogP contribution < -0.4 is 10.1 Å². The predicted molar refractivity (Wildman–Crippen MR) is 86.7 cm³/mol. The molecule has 1 heterocycles. The molecule has 0 bridgehead atoms. The van der Waals surface area contributed by atoms with Gasteiger partial charge in [-0.3, -0.25) is 4.98 Å². The topological polar surface area (TPSA) is 34.1 Å². The van der Waals surface area contributed by atoms with Gasteiger partial charge in [-0.25, -0.2) is 0 Å². The Morgan fingerprint density at radius 1 is 1.14 bits per heavy atom. The smallest absolute Gasteiger partial charge is 0.119 e. The second-order valence-corrected chi connectivity index (χ2v) is 5.17. The van der Waals surface area contributed by atoms with Crippen LogP contribution in [-0.2, 0) is 0 Å². The third-order valence-electron chi connectivity index (χ3n) is 3.33. The molecular weight excluding hydrogens is 260 g/mol. The van der Waals surface area contributed by atoms with Gasteiger partial charge in [-0.1, -0.05) is 26.0 Å². The minimum atomic E-state index is 0.120. The van der Waals surface area contributed by atoms with E-state index in [-0.39, 0.29) is 6.04 Å². The molecule has 0 radical (unpaired) electrons. The van der Waals surface area contributed by atoms with Crippen LogP contribution in [0.4, 0.5) is 0 Å². The van der Waals surface area contributed by atoms with Crippen LogP contribution in [0.25, 0.3) is 0 Å². The molecule has 0 saturated carbocycles. The molecule has 3 nitrogen and oxygen atoms in total. The number of nitrogens with zero attached hydrogens (tertiary/aromatic N) is 1. The van der Waals surface area contributed by atoms with Gasteiger partial charge >= 0.3 is 0 Å². The number of nitrogens with one attached hydrogen (secondary N) is 1. The summed E-state index contributed by atoms with van der Waals surface area (Å²) in [6.45, 7) is 7.97. The minimum absolute atomic E-state index is 0.120. The number of pyridine rings is 1. The number of hydrogen-bond donors (Lipinski definition) is 1. The molecule has 0 amide bonds. The number of aromatic nitrogens is 1. The van der Waals surface area contributed by atoms with E-state index in [1.807, 2.05) is 24.4 Å². The van der Waals surface area contributed by atoms with E-state index in [9.17, 15) is 0 Å². The molecule has 2 rings (SSSR count). The van der Waals surface area contributed by atoms with Crippen molar-refractivity contribution < 1.29 is 4.74 Å². The quantitative estimate of drug-likeness (QED) is 0.838. The summed E-state index contributed by atoms with van der Waals surface area (Å²) in [7, 11) is 0. The van der Waals surface area contributed by atoms with Crippen LogP contribution in [0.5, 0.6) is 5.75 Å². The normalized spacial score (nSPS) is 12.1. The zero-order valence-corrected chi connectivity index (χ0v) is 13.1. The Bertz CT molecular complexity index is 551. The Kier molecular flexibility index (Phi) is 5.76. The van der Waals surface area contributed by atoms with Gasteiger partial charge in [-0.05, 0) is 55.3 Å². The van der Waals surface area contributed by atoms with Crippen LogP contribution in [0.15, 0.2) is 42.6 Å². The minimum Gasteiger partial charge on any atom is -0.494 e. The molecule has 1 unspecified atom stereocenters. The van der Waals surface area contributed by atoms with Crippen molar-refractivity contribution in [3.8, 4) is 5.75 Å². The predicted octanol–water partition coefficient (Wildman–Crippen LogP) is 3.88. The fourth-order valence-corrected chi connectivity index (χ4v) is 2.29. The van der Waals surface area contributed by atoms with Crippen molar-refractivity contribution in [3.63, 3.8) is 0 Å². The maximum atomic E-state index is 5.64. The van der Waals surface area contributed by atoms with E-state index >= 15 is 0 Å². The highest BCUT2D eigenvalue weighted by molar-refractivity contribution is 5.34. The number of benzene rings is 1. The van der Waals surface area contributed by atoms with E-state index in [1.165, 1.54) is 11.1 Å². The van der Waals surface area contributed by atoms with Crippen molar-refractivity contribution in [2.24, 2.45) is 0 Å². The zero-order valence-electron chi connectivity index (χ0n) is 13.1. The molecule has 0 aliphatic heterocycles. The summed E-state index contributed by atoms with van der Waals surface area (Å²) in [5.41, 5.74) is 3.49. The first-order chi connectivity index (χ1) is 10.2. The first-order valence-corrected chi connectivity index (χ1v) is 7.63. The van der Waals surface area contributed by atoms with Crippen molar-refractivity contribution in [2.45, 2.75) is 33.2 Å². The van der Waals surface area contributed by atoms with E-state index in [2.05, 4.69) is 49.3 Å². The summed E-state index contributed by atoms with van der Waals surface area (Å²) in [5.74, 6) is 0.924. The van der Waals surface area contributed by atoms with Crippen LogP contribution in [0.3, 0.4) is 0 Å². The molecular formula is C18H24N2O. The van der Waals surface area contributed by atoms with Gasteiger partial charge in [0.15, 0.2) is 0 Å². The van der Waals surface area contributed by atoms with Gasteiger partial charge in [0.1, 0.15) is 5.75 Å². The van der Waals surface area contributed by atoms with E-state index in [1.54, 1.807) is 0 Å². The second kappa shape index (κ2) is 7.79. The van der Waals surface area contributed by atoms with Crippen LogP contribution in [0.1, 0.15) is 43.1 Å². The molecule has 112 valence electrons. The van der Waals surface area contributed by atoms with Gasteiger partial charge < -0.3 is 10.1 Å². The Labute approximate surface area is 127 Å². The first kappa shape index (κ1) is 15.5. The van der Waals surface area contributed by atoms with Gasteiger partial charge in [0, 0.05) is 6.20 Å². The van der Waals surface area contributed by atoms with E-state index in [0.29, 0.717) is 0 Å². The number of ether oxygens (including phenoxy) is 1. The van der Waals surface area contributed by atoms with E-state index in [4.69, 9.17) is 4.74 Å². The second-order valence-electron chi connectivity index (χ2n) is 5.17. The summed E-state index contributed by atoms with van der Waals surface area (Å²) in [6.07, 6.45) is 2.89. The molecule has 1 aromatic heterocycles. The lowest BCUT2D eigenvalue weighted by atomic mass is 10.0. The zero-order chi connectivity index (χ0) is 15.1. The summed E-state index contributed by atoms with van der Waals surface area (Å²) in [6, 6.07) is 12.6. The highest BCUT2D eigenvalue weighted by atomic mass is 16.5. The highest BCUT2D eigenvalue weighted by Crippen LogP contribution is 2.23. The molecule has 2 aromatic rings. The third kappa shape index (κ3) is 4.30. The molecule has 0 fully saturated rings. The van der Waals surface area contributed by atoms with Gasteiger partial charge in [0.05, 0.1) is 18.3 Å². The number of hydrogen-bond acceptors (Lipinski definition) is 3. The van der Waals surface area contributed by atoms with Crippen LogP contribution in [0, 0.1) is 6.92 Å². The molecule has 1 atom stereocenters. The van der Waals surface area contributed by atoms with Crippen molar-refractivity contribution in [2.75, 3.05) is 13.2 Å². The molecule has 3 heteroatoms. The van der Waals surface area contributed by atoms with Crippen molar-refractivity contribution in [3.05, 3.63) is 59.4 Å². The Morgan fingerprint density at radius 3 is 2.52 bits per heavy atom. The average Bonchev–Trinajstić information content (AvgIpc) is 2.51. The summed E-state index contributed by atoms with van der Waals surface area (Å²) in [4.78, 5) is 4.51. The molecule has 21 heavy (non-hydrogen) atoms. The van der Waals surface area contributed by atoms with E-state index < -0.39 is 0 Å². The fourth-order valence-electron chi connectivity index (χ4n) is 2.29. The maximum Gasteiger partial charge on any atom is 0.119 e. The number of aryl methyl sites for hydroxylation is 1. The van der Waals surface area contributed by atoms with Crippen molar-refractivity contribution in [1.29, 1.82) is 0 Å². The third-order valence-corrected chi connectivity index (χ3v) is 3.33. The Balaban J connectivity index is 2.21. The molecule has 0 saturated heterocycles. The van der Waals surface area contributed by atoms with Crippen molar-refractivity contribution >= 4 is 0 Å². The lowest BCUT2D eigenvalue weighted by molar-refractivity contribution is 0.317. The van der Waals surface area contributed by atoms with E-state index in [0.717, 1.165) is 31.0 Å². The fraction of sp³-hybridized carbons (Fsp3) is 0.389. The van der Waals surface area contributed by atoms with Gasteiger partial charge in [-0.15, -0.1) is 0 Å². The molecule has 0 spiro atoms. The summed E-state index contributed by atoms with van der Waals surface area (Å²) in [5, 5.41) is 3.50. The number of rotatable bonds is 7. The highest BCUT2D eigenvalue weighted by Gasteiger charge is 2.14. The van der Waals surface area contributed by atoms with Crippen LogP contribution >= 0.6 is 0 Å². The van der Waals surface area contributed by atoms with Crippen LogP contribution in [-0.4, -0.2) is 18.1 Å². The van der Waals surface area contributed by atoms with Gasteiger partial charge in [0.25, 0.3) is 0 Å².